The largest absolute Gasteiger partial charge is 0.462 e. The second-order valence-electron chi connectivity index (χ2n) is 4.76. The Kier molecular flexibility index (Phi) is 7.91. The van der Waals surface area contributed by atoms with Crippen molar-refractivity contribution >= 4 is 5.97 Å². The summed E-state index contributed by atoms with van der Waals surface area (Å²) >= 11 is 0. The van der Waals surface area contributed by atoms with Gasteiger partial charge in [-0.3, -0.25) is 0 Å². The van der Waals surface area contributed by atoms with Crippen molar-refractivity contribution in [3.05, 3.63) is 35.4 Å². The molecule has 0 amide bonds. The Morgan fingerprint density at radius 1 is 1.05 bits per heavy atom. The zero-order valence-electron chi connectivity index (χ0n) is 11.7. The van der Waals surface area contributed by atoms with Crippen molar-refractivity contribution in [3.8, 4) is 0 Å². The van der Waals surface area contributed by atoms with Crippen molar-refractivity contribution in [2.75, 3.05) is 6.61 Å². The number of unbranched alkanes of at least 4 members (excludes halogenated alkanes) is 5. The zero-order chi connectivity index (χ0) is 13.9. The molecule has 0 aliphatic heterocycles. The van der Waals surface area contributed by atoms with Crippen LogP contribution in [0.2, 0.25) is 0 Å². The van der Waals surface area contributed by atoms with E-state index in [0.29, 0.717) is 12.2 Å². The number of benzene rings is 1. The number of esters is 1. The summed E-state index contributed by atoms with van der Waals surface area (Å²) in [5.41, 5.74) is 1.34. The molecule has 0 saturated carbocycles. The van der Waals surface area contributed by atoms with E-state index >= 15 is 0 Å². The highest BCUT2D eigenvalue weighted by molar-refractivity contribution is 5.89. The molecule has 0 radical (unpaired) electrons. The van der Waals surface area contributed by atoms with Gasteiger partial charge in [0.2, 0.25) is 0 Å². The minimum Gasteiger partial charge on any atom is -0.462 e. The number of rotatable bonds is 9. The lowest BCUT2D eigenvalue weighted by Crippen LogP contribution is -2.06. The topological polar surface area (TPSA) is 46.5 Å². The Hall–Kier alpha value is -1.35. The van der Waals surface area contributed by atoms with Crippen molar-refractivity contribution in [1.82, 2.24) is 0 Å². The summed E-state index contributed by atoms with van der Waals surface area (Å²) in [4.78, 5) is 11.7. The third-order valence-corrected chi connectivity index (χ3v) is 3.10. The third kappa shape index (κ3) is 6.39. The zero-order valence-corrected chi connectivity index (χ0v) is 11.7. The summed E-state index contributed by atoms with van der Waals surface area (Å²) in [6, 6.07) is 6.85. The van der Waals surface area contributed by atoms with E-state index in [2.05, 4.69) is 6.92 Å². The first-order valence-corrected chi connectivity index (χ1v) is 7.15. The smallest absolute Gasteiger partial charge is 0.338 e. The molecule has 1 N–H and O–H groups in total. The molecule has 0 spiro atoms. The van der Waals surface area contributed by atoms with Crippen LogP contribution in [-0.4, -0.2) is 17.7 Å². The van der Waals surface area contributed by atoms with Crippen molar-refractivity contribution in [3.63, 3.8) is 0 Å². The van der Waals surface area contributed by atoms with E-state index in [0.717, 1.165) is 18.4 Å². The molecule has 1 aromatic carbocycles. The van der Waals surface area contributed by atoms with Crippen molar-refractivity contribution in [1.29, 1.82) is 0 Å². The van der Waals surface area contributed by atoms with E-state index < -0.39 is 0 Å². The Labute approximate surface area is 115 Å². The molecule has 3 nitrogen and oxygen atoms in total. The second-order valence-corrected chi connectivity index (χ2v) is 4.76. The minimum atomic E-state index is -0.280. The standard InChI is InChI=1S/C16H24O3/c1-2-3-4-5-6-7-12-19-16(18)15-10-8-14(13-17)9-11-15/h8-11,17H,2-7,12-13H2,1H3. The monoisotopic (exact) mass is 264 g/mol. The normalized spacial score (nSPS) is 10.4. The lowest BCUT2D eigenvalue weighted by atomic mass is 10.1. The predicted octanol–water partition coefficient (Wildman–Crippen LogP) is 3.70. The number of hydrogen-bond donors (Lipinski definition) is 1. The Morgan fingerprint density at radius 3 is 2.32 bits per heavy atom. The number of carbonyl (C=O) groups excluding carboxylic acids is 1. The lowest BCUT2D eigenvalue weighted by molar-refractivity contribution is 0.0497. The van der Waals surface area contributed by atoms with Crippen molar-refractivity contribution < 1.29 is 14.6 Å². The molecule has 0 atom stereocenters. The molecule has 0 bridgehead atoms. The Balaban J connectivity index is 2.16. The maximum atomic E-state index is 11.7. The maximum absolute atomic E-state index is 11.7. The molecule has 3 heteroatoms. The lowest BCUT2D eigenvalue weighted by Gasteiger charge is -2.05. The molecular weight excluding hydrogens is 240 g/mol. The SMILES string of the molecule is CCCCCCCCOC(=O)c1ccc(CO)cc1. The fraction of sp³-hybridized carbons (Fsp3) is 0.562. The van der Waals surface area contributed by atoms with Crippen LogP contribution < -0.4 is 0 Å². The molecule has 0 unspecified atom stereocenters. The first-order chi connectivity index (χ1) is 9.27. The van der Waals surface area contributed by atoms with Crippen LogP contribution in [0.25, 0.3) is 0 Å². The van der Waals surface area contributed by atoms with Crippen molar-refractivity contribution in [2.24, 2.45) is 0 Å². The summed E-state index contributed by atoms with van der Waals surface area (Å²) in [5.74, 6) is -0.280. The van der Waals surface area contributed by atoms with Crippen LogP contribution in [0.1, 0.15) is 61.4 Å². The highest BCUT2D eigenvalue weighted by atomic mass is 16.5. The van der Waals surface area contributed by atoms with Gasteiger partial charge in [-0.25, -0.2) is 4.79 Å². The van der Waals surface area contributed by atoms with E-state index in [1.807, 2.05) is 0 Å². The van der Waals surface area contributed by atoms with E-state index in [4.69, 9.17) is 9.84 Å². The van der Waals surface area contributed by atoms with Gasteiger partial charge in [0.15, 0.2) is 0 Å². The van der Waals surface area contributed by atoms with Crippen LogP contribution in [0, 0.1) is 0 Å². The molecule has 0 saturated heterocycles. The second kappa shape index (κ2) is 9.56. The van der Waals surface area contributed by atoms with Crippen LogP contribution >= 0.6 is 0 Å². The van der Waals surface area contributed by atoms with Gasteiger partial charge in [-0.1, -0.05) is 51.2 Å². The third-order valence-electron chi connectivity index (χ3n) is 3.10. The van der Waals surface area contributed by atoms with Gasteiger partial charge in [0, 0.05) is 0 Å². The molecule has 106 valence electrons. The van der Waals surface area contributed by atoms with Crippen LogP contribution in [0.3, 0.4) is 0 Å². The quantitative estimate of drug-likeness (QED) is 0.546. The van der Waals surface area contributed by atoms with Gasteiger partial charge in [-0.05, 0) is 24.1 Å². The van der Waals surface area contributed by atoms with Crippen LogP contribution in [0.15, 0.2) is 24.3 Å². The Morgan fingerprint density at radius 2 is 1.68 bits per heavy atom. The molecule has 0 aliphatic carbocycles. The van der Waals surface area contributed by atoms with Crippen LogP contribution in [-0.2, 0) is 11.3 Å². The molecule has 1 rings (SSSR count). The fourth-order valence-electron chi connectivity index (χ4n) is 1.88. The minimum absolute atomic E-state index is 0.00686. The van der Waals surface area contributed by atoms with Crippen molar-refractivity contribution in [2.45, 2.75) is 52.1 Å². The summed E-state index contributed by atoms with van der Waals surface area (Å²) in [6.45, 7) is 2.68. The van der Waals surface area contributed by atoms with Gasteiger partial charge in [-0.2, -0.15) is 0 Å². The summed E-state index contributed by atoms with van der Waals surface area (Å²) < 4.78 is 5.21. The van der Waals surface area contributed by atoms with Gasteiger partial charge in [0.1, 0.15) is 0 Å². The molecule has 19 heavy (non-hydrogen) atoms. The molecule has 0 aliphatic rings. The molecular formula is C16H24O3. The summed E-state index contributed by atoms with van der Waals surface area (Å²) in [5, 5.41) is 8.91. The van der Waals surface area contributed by atoms with Gasteiger partial charge < -0.3 is 9.84 Å². The van der Waals surface area contributed by atoms with Gasteiger partial charge >= 0.3 is 5.97 Å². The highest BCUT2D eigenvalue weighted by Crippen LogP contribution is 2.08. The first kappa shape index (κ1) is 15.7. The first-order valence-electron chi connectivity index (χ1n) is 7.15. The Bertz CT molecular complexity index is 357. The number of aliphatic hydroxyl groups is 1. The molecule has 0 fully saturated rings. The number of hydrogen-bond acceptors (Lipinski definition) is 3. The van der Waals surface area contributed by atoms with Crippen LogP contribution in [0.4, 0.5) is 0 Å². The maximum Gasteiger partial charge on any atom is 0.338 e. The molecule has 0 aromatic heterocycles. The fourth-order valence-corrected chi connectivity index (χ4v) is 1.88. The van der Waals surface area contributed by atoms with Gasteiger partial charge in [0.05, 0.1) is 18.8 Å². The van der Waals surface area contributed by atoms with Crippen LogP contribution in [0.5, 0.6) is 0 Å². The highest BCUT2D eigenvalue weighted by Gasteiger charge is 2.06. The van der Waals surface area contributed by atoms with E-state index in [9.17, 15) is 4.79 Å². The average Bonchev–Trinajstić information content (AvgIpc) is 2.46. The average molecular weight is 264 g/mol. The van der Waals surface area contributed by atoms with E-state index in [-0.39, 0.29) is 12.6 Å². The van der Waals surface area contributed by atoms with E-state index in [1.165, 1.54) is 25.7 Å². The summed E-state index contributed by atoms with van der Waals surface area (Å²) in [6.07, 6.45) is 7.08. The number of aliphatic hydroxyl groups excluding tert-OH is 1. The molecule has 0 heterocycles. The van der Waals surface area contributed by atoms with Gasteiger partial charge in [-0.15, -0.1) is 0 Å². The van der Waals surface area contributed by atoms with E-state index in [1.54, 1.807) is 24.3 Å². The molecule has 1 aromatic rings. The predicted molar refractivity (Wildman–Crippen MR) is 76.0 cm³/mol. The summed E-state index contributed by atoms with van der Waals surface area (Å²) in [7, 11) is 0. The number of ether oxygens (including phenoxy) is 1. The van der Waals surface area contributed by atoms with Gasteiger partial charge in [0.25, 0.3) is 0 Å². The number of carbonyl (C=O) groups is 1.